The number of hydrogen-bond acceptors (Lipinski definition) is 8. The number of rotatable bonds is 2. The Bertz CT molecular complexity index is 1420. The van der Waals surface area contributed by atoms with Gasteiger partial charge in [-0.3, -0.25) is 0 Å². The average Bonchev–Trinajstić information content (AvgIpc) is 3.07. The molecule has 10 nitrogen and oxygen atoms in total. The van der Waals surface area contributed by atoms with E-state index < -0.39 is 17.3 Å². The summed E-state index contributed by atoms with van der Waals surface area (Å²) < 4.78 is 23.5. The number of pyridine rings is 1. The Morgan fingerprint density at radius 1 is 0.930 bits per heavy atom. The average molecular weight is 593 g/mol. The molecule has 3 aliphatic heterocycles. The van der Waals surface area contributed by atoms with Crippen LogP contribution < -0.4 is 14.5 Å². The summed E-state index contributed by atoms with van der Waals surface area (Å²) in [6.45, 7) is 19.3. The lowest BCUT2D eigenvalue weighted by molar-refractivity contribution is 0.0219. The second-order valence-electron chi connectivity index (χ2n) is 13.9. The molecule has 1 aromatic carbocycles. The number of anilines is 3. The van der Waals surface area contributed by atoms with Crippen molar-refractivity contribution in [3.05, 3.63) is 47.7 Å². The molecule has 0 bridgehead atoms. The highest BCUT2D eigenvalue weighted by molar-refractivity contribution is 5.99. The highest BCUT2D eigenvalue weighted by atomic mass is 16.6. The van der Waals surface area contributed by atoms with Gasteiger partial charge in [0, 0.05) is 43.5 Å². The monoisotopic (exact) mass is 592 g/mol. The molecule has 0 spiro atoms. The Morgan fingerprint density at radius 3 is 2.26 bits per heavy atom. The molecule has 4 heterocycles. The van der Waals surface area contributed by atoms with Crippen molar-refractivity contribution in [1.29, 1.82) is 0 Å². The van der Waals surface area contributed by atoms with Gasteiger partial charge in [0.2, 0.25) is 0 Å². The van der Waals surface area contributed by atoms with Crippen molar-refractivity contribution in [3.8, 4) is 5.75 Å². The van der Waals surface area contributed by atoms with Crippen LogP contribution in [-0.2, 0) is 20.8 Å². The van der Waals surface area contributed by atoms with Gasteiger partial charge in [0.05, 0.1) is 24.5 Å². The number of carbonyl (C=O) groups is 2. The normalized spacial score (nSPS) is 18.5. The van der Waals surface area contributed by atoms with E-state index in [-0.39, 0.29) is 18.1 Å². The van der Waals surface area contributed by atoms with Crippen LogP contribution in [0.5, 0.6) is 5.75 Å². The minimum absolute atomic E-state index is 0.251. The zero-order valence-corrected chi connectivity index (χ0v) is 26.7. The summed E-state index contributed by atoms with van der Waals surface area (Å²) >= 11 is 0. The van der Waals surface area contributed by atoms with Crippen molar-refractivity contribution in [2.75, 3.05) is 49.2 Å². The molecule has 1 aromatic heterocycles. The first-order chi connectivity index (χ1) is 20.1. The maximum atomic E-state index is 13.9. The molecule has 1 fully saturated rings. The third-order valence-corrected chi connectivity index (χ3v) is 7.51. The minimum Gasteiger partial charge on any atom is -0.486 e. The molecule has 2 amide bonds. The SMILES string of the molecule is CC(C)(C)OC(=O)N1CC=C(c2ccc3c(c2)N(C(=O)OC(C)(C)C)c2nccc(N4CCOCC4)c2CO3)C(C)(C)C1. The van der Waals surface area contributed by atoms with Crippen molar-refractivity contribution in [1.82, 2.24) is 9.88 Å². The summed E-state index contributed by atoms with van der Waals surface area (Å²) in [5.41, 5.74) is 2.67. The summed E-state index contributed by atoms with van der Waals surface area (Å²) in [5, 5.41) is 0. The van der Waals surface area contributed by atoms with Crippen molar-refractivity contribution in [3.63, 3.8) is 0 Å². The van der Waals surface area contributed by atoms with E-state index in [0.717, 1.165) is 35.5 Å². The number of nitrogens with zero attached hydrogens (tertiary/aromatic N) is 4. The van der Waals surface area contributed by atoms with Crippen LogP contribution in [0.1, 0.15) is 66.5 Å². The molecule has 0 radical (unpaired) electrons. The van der Waals surface area contributed by atoms with Crippen molar-refractivity contribution < 1.29 is 28.5 Å². The summed E-state index contributed by atoms with van der Waals surface area (Å²) in [7, 11) is 0. The topological polar surface area (TPSA) is 93.7 Å². The van der Waals surface area contributed by atoms with Gasteiger partial charge in [0.15, 0.2) is 5.82 Å². The van der Waals surface area contributed by atoms with E-state index in [1.54, 1.807) is 16.0 Å². The van der Waals surface area contributed by atoms with Gasteiger partial charge in [-0.15, -0.1) is 0 Å². The van der Waals surface area contributed by atoms with Gasteiger partial charge in [-0.1, -0.05) is 26.0 Å². The molecule has 5 rings (SSSR count). The number of aromatic nitrogens is 1. The van der Waals surface area contributed by atoms with Gasteiger partial charge in [0.1, 0.15) is 23.6 Å². The Labute approximate surface area is 254 Å². The van der Waals surface area contributed by atoms with E-state index in [1.807, 2.05) is 65.8 Å². The number of fused-ring (bicyclic) bond motifs is 2. The number of carbonyl (C=O) groups excluding carboxylic acids is 2. The Kier molecular flexibility index (Phi) is 8.11. The third kappa shape index (κ3) is 6.74. The van der Waals surface area contributed by atoms with Crippen LogP contribution in [0.25, 0.3) is 5.57 Å². The van der Waals surface area contributed by atoms with Crippen molar-refractivity contribution >= 4 is 35.0 Å². The van der Waals surface area contributed by atoms with Crippen LogP contribution in [0.15, 0.2) is 36.5 Å². The zero-order chi connectivity index (χ0) is 31.2. The standard InChI is InChI=1S/C33H44N4O6/c1-31(2,3)42-29(38)36-14-12-24(33(7,8)21-36)22-9-10-27-26(19-22)37(30(39)43-32(4,5)6)28-23(20-41-27)25(11-13-34-28)35-15-17-40-18-16-35/h9-13,19H,14-18,20-21H2,1-8H3. The van der Waals surface area contributed by atoms with Crippen LogP contribution in [0.2, 0.25) is 0 Å². The third-order valence-electron chi connectivity index (χ3n) is 7.51. The number of benzene rings is 1. The van der Waals surface area contributed by atoms with Crippen LogP contribution in [0.3, 0.4) is 0 Å². The highest BCUT2D eigenvalue weighted by Gasteiger charge is 2.37. The predicted octanol–water partition coefficient (Wildman–Crippen LogP) is 6.54. The Balaban J connectivity index is 1.56. The van der Waals surface area contributed by atoms with E-state index in [9.17, 15) is 9.59 Å². The van der Waals surface area contributed by atoms with Crippen molar-refractivity contribution in [2.24, 2.45) is 5.41 Å². The first-order valence-electron chi connectivity index (χ1n) is 14.9. The van der Waals surface area contributed by atoms with Crippen LogP contribution in [-0.4, -0.2) is 72.7 Å². The van der Waals surface area contributed by atoms with E-state index in [2.05, 4.69) is 24.8 Å². The fourth-order valence-electron chi connectivity index (χ4n) is 5.72. The molecule has 0 saturated carbocycles. The lowest BCUT2D eigenvalue weighted by Gasteiger charge is -2.39. The molecule has 0 unspecified atom stereocenters. The molecule has 0 aliphatic carbocycles. The maximum absolute atomic E-state index is 13.9. The quantitative estimate of drug-likeness (QED) is 0.388. The largest absolute Gasteiger partial charge is 0.486 e. The fraction of sp³-hybridized carbons (Fsp3) is 0.545. The molecular formula is C33H44N4O6. The highest BCUT2D eigenvalue weighted by Crippen LogP contribution is 2.46. The van der Waals surface area contributed by atoms with Gasteiger partial charge in [-0.2, -0.15) is 0 Å². The van der Waals surface area contributed by atoms with E-state index in [0.29, 0.717) is 43.6 Å². The Morgan fingerprint density at radius 2 is 1.60 bits per heavy atom. The number of morpholine rings is 1. The van der Waals surface area contributed by atoms with Crippen LogP contribution >= 0.6 is 0 Å². The molecule has 10 heteroatoms. The summed E-state index contributed by atoms with van der Waals surface area (Å²) in [5.74, 6) is 1.05. The predicted molar refractivity (Wildman–Crippen MR) is 166 cm³/mol. The summed E-state index contributed by atoms with van der Waals surface area (Å²) in [4.78, 5) is 37.0. The van der Waals surface area contributed by atoms with E-state index in [1.165, 1.54) is 0 Å². The molecule has 1 saturated heterocycles. The number of ether oxygens (including phenoxy) is 4. The molecule has 0 atom stereocenters. The van der Waals surface area contributed by atoms with E-state index in [4.69, 9.17) is 23.9 Å². The fourth-order valence-corrected chi connectivity index (χ4v) is 5.72. The summed E-state index contributed by atoms with van der Waals surface area (Å²) in [6, 6.07) is 7.84. The van der Waals surface area contributed by atoms with Gasteiger partial charge >= 0.3 is 12.2 Å². The number of amides is 2. The smallest absolute Gasteiger partial charge is 0.420 e. The molecule has 232 valence electrons. The Hall–Kier alpha value is -3.79. The summed E-state index contributed by atoms with van der Waals surface area (Å²) in [6.07, 6.45) is 2.93. The van der Waals surface area contributed by atoms with E-state index >= 15 is 0 Å². The zero-order valence-electron chi connectivity index (χ0n) is 26.7. The van der Waals surface area contributed by atoms with Crippen molar-refractivity contribution in [2.45, 2.75) is 73.2 Å². The molecule has 3 aliphatic rings. The second kappa shape index (κ2) is 11.4. The second-order valence-corrected chi connectivity index (χ2v) is 13.9. The maximum Gasteiger partial charge on any atom is 0.420 e. The van der Waals surface area contributed by atoms with Gasteiger partial charge in [-0.05, 0) is 70.9 Å². The molecule has 43 heavy (non-hydrogen) atoms. The molecule has 0 N–H and O–H groups in total. The first kappa shape index (κ1) is 30.7. The lowest BCUT2D eigenvalue weighted by atomic mass is 9.77. The minimum atomic E-state index is -0.719. The van der Waals surface area contributed by atoms with Crippen LogP contribution in [0.4, 0.5) is 26.8 Å². The molecule has 2 aromatic rings. The van der Waals surface area contributed by atoms with Gasteiger partial charge < -0.3 is 28.7 Å². The van der Waals surface area contributed by atoms with Gasteiger partial charge in [0.25, 0.3) is 0 Å². The first-order valence-corrected chi connectivity index (χ1v) is 14.9. The molecular weight excluding hydrogens is 548 g/mol. The number of hydrogen-bond donors (Lipinski definition) is 0. The lowest BCUT2D eigenvalue weighted by Crippen LogP contribution is -2.45. The van der Waals surface area contributed by atoms with Crippen LogP contribution in [0, 0.1) is 5.41 Å². The van der Waals surface area contributed by atoms with Gasteiger partial charge in [-0.25, -0.2) is 19.5 Å².